The normalized spacial score (nSPS) is 11.1. The molecule has 0 saturated heterocycles. The molecule has 0 saturated carbocycles. The number of aryl methyl sites for hydroxylation is 1. The van der Waals surface area contributed by atoms with Crippen molar-refractivity contribution < 1.29 is 9.50 Å². The van der Waals surface area contributed by atoms with E-state index in [-0.39, 0.29) is 12.4 Å². The van der Waals surface area contributed by atoms with Crippen molar-refractivity contribution in [3.8, 4) is 0 Å². The van der Waals surface area contributed by atoms with Crippen LogP contribution in [0, 0.1) is 5.82 Å². The van der Waals surface area contributed by atoms with E-state index in [0.717, 1.165) is 11.1 Å². The van der Waals surface area contributed by atoms with E-state index in [1.54, 1.807) is 17.8 Å². The summed E-state index contributed by atoms with van der Waals surface area (Å²) in [4.78, 5) is 0. The zero-order valence-corrected chi connectivity index (χ0v) is 7.87. The highest BCUT2D eigenvalue weighted by Gasteiger charge is 2.08. The van der Waals surface area contributed by atoms with Gasteiger partial charge in [-0.25, -0.2) is 4.39 Å². The molecular weight excluding hydrogens is 183 g/mol. The molecule has 0 unspecified atom stereocenters. The first-order valence-electron chi connectivity index (χ1n) is 4.44. The van der Waals surface area contributed by atoms with Gasteiger partial charge in [-0.3, -0.25) is 4.68 Å². The Labute approximate surface area is 80.8 Å². The second-order valence-corrected chi connectivity index (χ2v) is 3.21. The molecule has 1 N–H and O–H groups in total. The Morgan fingerprint density at radius 1 is 1.50 bits per heavy atom. The molecule has 0 radical (unpaired) electrons. The fourth-order valence-electron chi connectivity index (χ4n) is 1.63. The lowest BCUT2D eigenvalue weighted by Crippen LogP contribution is -2.00. The molecule has 3 nitrogen and oxygen atoms in total. The molecule has 14 heavy (non-hydrogen) atoms. The molecule has 1 aromatic heterocycles. The lowest BCUT2D eigenvalue weighted by molar-refractivity contribution is 0.296. The van der Waals surface area contributed by atoms with Crippen molar-refractivity contribution in [2.45, 2.75) is 6.42 Å². The molecule has 0 aliphatic heterocycles. The minimum Gasteiger partial charge on any atom is -0.396 e. The van der Waals surface area contributed by atoms with Crippen molar-refractivity contribution in [2.24, 2.45) is 7.05 Å². The number of rotatable bonds is 2. The molecule has 0 spiro atoms. The molecule has 2 aromatic rings. The highest BCUT2D eigenvalue weighted by Crippen LogP contribution is 2.18. The fraction of sp³-hybridized carbons (Fsp3) is 0.300. The standard InChI is InChI=1S/C10H11FN2O/c1-13-10(4-5-14)8-3-2-7(11)6-9(8)12-13/h2-3,6,14H,4-5H2,1H3. The van der Waals surface area contributed by atoms with Crippen LogP contribution in [0.3, 0.4) is 0 Å². The minimum atomic E-state index is -0.286. The van der Waals surface area contributed by atoms with Crippen LogP contribution in [0.15, 0.2) is 18.2 Å². The molecule has 0 amide bonds. The topological polar surface area (TPSA) is 38.0 Å². The Balaban J connectivity index is 2.64. The van der Waals surface area contributed by atoms with E-state index in [4.69, 9.17) is 5.11 Å². The third-order valence-corrected chi connectivity index (χ3v) is 2.27. The van der Waals surface area contributed by atoms with Gasteiger partial charge in [0.1, 0.15) is 5.82 Å². The summed E-state index contributed by atoms with van der Waals surface area (Å²) in [5.41, 5.74) is 1.57. The van der Waals surface area contributed by atoms with Gasteiger partial charge in [0.05, 0.1) is 5.52 Å². The first-order chi connectivity index (χ1) is 6.72. The number of halogens is 1. The zero-order chi connectivity index (χ0) is 10.1. The summed E-state index contributed by atoms with van der Waals surface area (Å²) in [7, 11) is 1.79. The molecule has 1 heterocycles. The molecule has 0 aliphatic carbocycles. The smallest absolute Gasteiger partial charge is 0.125 e. The van der Waals surface area contributed by atoms with Gasteiger partial charge in [0.2, 0.25) is 0 Å². The Morgan fingerprint density at radius 3 is 3.00 bits per heavy atom. The Kier molecular flexibility index (Phi) is 2.21. The van der Waals surface area contributed by atoms with E-state index in [0.29, 0.717) is 11.9 Å². The first kappa shape index (κ1) is 9.15. The van der Waals surface area contributed by atoms with Crippen molar-refractivity contribution in [1.82, 2.24) is 9.78 Å². The van der Waals surface area contributed by atoms with Crippen LogP contribution in [0.5, 0.6) is 0 Å². The van der Waals surface area contributed by atoms with Crippen molar-refractivity contribution >= 4 is 10.9 Å². The maximum Gasteiger partial charge on any atom is 0.125 e. The van der Waals surface area contributed by atoms with Crippen LogP contribution in [0.25, 0.3) is 10.9 Å². The van der Waals surface area contributed by atoms with Crippen LogP contribution in [0.4, 0.5) is 4.39 Å². The van der Waals surface area contributed by atoms with Crippen LogP contribution in [0.2, 0.25) is 0 Å². The van der Waals surface area contributed by atoms with E-state index in [1.165, 1.54) is 12.1 Å². The van der Waals surface area contributed by atoms with Crippen molar-refractivity contribution in [3.63, 3.8) is 0 Å². The quantitative estimate of drug-likeness (QED) is 0.781. The summed E-state index contributed by atoms with van der Waals surface area (Å²) < 4.78 is 14.5. The molecule has 74 valence electrons. The third-order valence-electron chi connectivity index (χ3n) is 2.27. The summed E-state index contributed by atoms with van der Waals surface area (Å²) in [6.45, 7) is 0.0754. The van der Waals surface area contributed by atoms with Gasteiger partial charge in [0, 0.05) is 37.2 Å². The SMILES string of the molecule is Cn1nc2cc(F)ccc2c1CCO. The van der Waals surface area contributed by atoms with E-state index in [1.807, 2.05) is 0 Å². The summed E-state index contributed by atoms with van der Waals surface area (Å²) >= 11 is 0. The van der Waals surface area contributed by atoms with Gasteiger partial charge < -0.3 is 5.11 Å². The molecule has 2 rings (SSSR count). The summed E-state index contributed by atoms with van der Waals surface area (Å²) in [5.74, 6) is -0.286. The van der Waals surface area contributed by atoms with Crippen molar-refractivity contribution in [2.75, 3.05) is 6.61 Å². The van der Waals surface area contributed by atoms with Crippen LogP contribution in [-0.4, -0.2) is 21.5 Å². The van der Waals surface area contributed by atoms with Crippen LogP contribution in [0.1, 0.15) is 5.69 Å². The summed E-state index contributed by atoms with van der Waals surface area (Å²) in [6, 6.07) is 4.50. The van der Waals surface area contributed by atoms with E-state index in [2.05, 4.69) is 5.10 Å². The van der Waals surface area contributed by atoms with E-state index >= 15 is 0 Å². The highest BCUT2D eigenvalue weighted by molar-refractivity contribution is 5.81. The van der Waals surface area contributed by atoms with Gasteiger partial charge in [0.25, 0.3) is 0 Å². The summed E-state index contributed by atoms with van der Waals surface area (Å²) in [6.07, 6.45) is 0.540. The summed E-state index contributed by atoms with van der Waals surface area (Å²) in [5, 5.41) is 13.9. The molecule has 0 atom stereocenters. The van der Waals surface area contributed by atoms with Crippen molar-refractivity contribution in [1.29, 1.82) is 0 Å². The average Bonchev–Trinajstić information content (AvgIpc) is 2.43. The number of aromatic nitrogens is 2. The second-order valence-electron chi connectivity index (χ2n) is 3.21. The highest BCUT2D eigenvalue weighted by atomic mass is 19.1. The van der Waals surface area contributed by atoms with Gasteiger partial charge >= 0.3 is 0 Å². The van der Waals surface area contributed by atoms with Gasteiger partial charge in [-0.2, -0.15) is 5.10 Å². The third kappa shape index (κ3) is 1.37. The van der Waals surface area contributed by atoms with Crippen LogP contribution < -0.4 is 0 Å². The number of benzene rings is 1. The van der Waals surface area contributed by atoms with E-state index in [9.17, 15) is 4.39 Å². The number of hydrogen-bond acceptors (Lipinski definition) is 2. The number of fused-ring (bicyclic) bond motifs is 1. The number of aliphatic hydroxyl groups is 1. The number of aliphatic hydroxyl groups excluding tert-OH is 1. The predicted molar refractivity (Wildman–Crippen MR) is 51.5 cm³/mol. The lowest BCUT2D eigenvalue weighted by Gasteiger charge is -1.98. The molecule has 1 aromatic carbocycles. The molecule has 0 aliphatic rings. The predicted octanol–water partition coefficient (Wildman–Crippen LogP) is 1.25. The van der Waals surface area contributed by atoms with Crippen molar-refractivity contribution in [3.05, 3.63) is 29.7 Å². The van der Waals surface area contributed by atoms with Gasteiger partial charge in [-0.05, 0) is 12.1 Å². The van der Waals surface area contributed by atoms with Gasteiger partial charge in [-0.15, -0.1) is 0 Å². The maximum atomic E-state index is 12.9. The lowest BCUT2D eigenvalue weighted by atomic mass is 10.2. The molecule has 0 fully saturated rings. The van der Waals surface area contributed by atoms with Gasteiger partial charge in [-0.1, -0.05) is 0 Å². The molecule has 4 heteroatoms. The first-order valence-corrected chi connectivity index (χ1v) is 4.44. The second kappa shape index (κ2) is 3.38. The van der Waals surface area contributed by atoms with Crippen LogP contribution >= 0.6 is 0 Å². The van der Waals surface area contributed by atoms with Crippen LogP contribution in [-0.2, 0) is 13.5 Å². The Hall–Kier alpha value is -1.42. The number of nitrogens with zero attached hydrogens (tertiary/aromatic N) is 2. The Bertz CT molecular complexity index is 464. The Morgan fingerprint density at radius 2 is 2.29 bits per heavy atom. The largest absolute Gasteiger partial charge is 0.396 e. The fourth-order valence-corrected chi connectivity index (χ4v) is 1.63. The van der Waals surface area contributed by atoms with Gasteiger partial charge in [0.15, 0.2) is 0 Å². The zero-order valence-electron chi connectivity index (χ0n) is 7.87. The average molecular weight is 194 g/mol. The molecule has 0 bridgehead atoms. The maximum absolute atomic E-state index is 12.9. The minimum absolute atomic E-state index is 0.0754. The molecular formula is C10H11FN2O. The monoisotopic (exact) mass is 194 g/mol. The van der Waals surface area contributed by atoms with E-state index < -0.39 is 0 Å². The number of hydrogen-bond donors (Lipinski definition) is 1.